The average molecular weight is 266 g/mol. The fourth-order valence-electron chi connectivity index (χ4n) is 2.85. The molecule has 0 spiro atoms. The molecule has 19 heavy (non-hydrogen) atoms. The van der Waals surface area contributed by atoms with Crippen molar-refractivity contribution in [3.63, 3.8) is 0 Å². The van der Waals surface area contributed by atoms with Crippen molar-refractivity contribution >= 4 is 0 Å². The lowest BCUT2D eigenvalue weighted by atomic mass is 10.0. The van der Waals surface area contributed by atoms with E-state index in [1.165, 1.54) is 0 Å². The molecule has 4 heteroatoms. The van der Waals surface area contributed by atoms with E-state index in [2.05, 4.69) is 5.92 Å². The lowest BCUT2D eigenvalue weighted by molar-refractivity contribution is -0.0732. The molecule has 106 valence electrons. The summed E-state index contributed by atoms with van der Waals surface area (Å²) in [5.41, 5.74) is 0. The molecule has 2 heterocycles. The topological polar surface area (TPSA) is 58.9 Å². The fourth-order valence-corrected chi connectivity index (χ4v) is 2.85. The Labute approximate surface area is 114 Å². The van der Waals surface area contributed by atoms with Crippen LogP contribution in [0.2, 0.25) is 0 Å². The van der Waals surface area contributed by atoms with Crippen molar-refractivity contribution in [3.8, 4) is 12.3 Å². The van der Waals surface area contributed by atoms with Crippen LogP contribution in [-0.2, 0) is 9.47 Å². The molecule has 0 aliphatic carbocycles. The van der Waals surface area contributed by atoms with E-state index < -0.39 is 12.2 Å². The lowest BCUT2D eigenvalue weighted by Gasteiger charge is -2.19. The molecule has 0 aromatic rings. The summed E-state index contributed by atoms with van der Waals surface area (Å²) in [6, 6.07) is 0. The van der Waals surface area contributed by atoms with Gasteiger partial charge in [-0.3, -0.25) is 0 Å². The third kappa shape index (κ3) is 3.37. The Morgan fingerprint density at radius 1 is 1.16 bits per heavy atom. The Bertz CT molecular complexity index is 360. The number of ether oxygens (including phenoxy) is 2. The van der Waals surface area contributed by atoms with Crippen LogP contribution in [0.5, 0.6) is 0 Å². The molecular weight excluding hydrogens is 244 g/mol. The third-order valence-electron chi connectivity index (χ3n) is 3.90. The summed E-state index contributed by atoms with van der Waals surface area (Å²) in [7, 11) is 0. The first-order valence-corrected chi connectivity index (χ1v) is 6.93. The van der Waals surface area contributed by atoms with Gasteiger partial charge < -0.3 is 19.7 Å². The molecule has 0 bridgehead atoms. The van der Waals surface area contributed by atoms with Crippen molar-refractivity contribution in [2.75, 3.05) is 0 Å². The minimum absolute atomic E-state index is 0.105. The van der Waals surface area contributed by atoms with Gasteiger partial charge in [0.15, 0.2) is 0 Å². The largest absolute Gasteiger partial charge is 0.390 e. The predicted molar refractivity (Wildman–Crippen MR) is 71.5 cm³/mol. The minimum Gasteiger partial charge on any atom is -0.390 e. The summed E-state index contributed by atoms with van der Waals surface area (Å²) < 4.78 is 11.6. The average Bonchev–Trinajstić information content (AvgIpc) is 2.93. The summed E-state index contributed by atoms with van der Waals surface area (Å²) in [5, 5.41) is 19.8. The number of hydrogen-bond donors (Lipinski definition) is 2. The van der Waals surface area contributed by atoms with Crippen molar-refractivity contribution < 1.29 is 19.7 Å². The molecule has 6 unspecified atom stereocenters. The van der Waals surface area contributed by atoms with Crippen LogP contribution in [0.15, 0.2) is 12.2 Å². The molecule has 0 aromatic carbocycles. The molecule has 2 N–H and O–H groups in total. The highest BCUT2D eigenvalue weighted by atomic mass is 16.6. The van der Waals surface area contributed by atoms with Gasteiger partial charge in [-0.1, -0.05) is 18.9 Å². The van der Waals surface area contributed by atoms with Crippen LogP contribution in [0.4, 0.5) is 0 Å². The molecule has 2 aliphatic heterocycles. The monoisotopic (exact) mass is 266 g/mol. The number of allylic oxidation sites excluding steroid dienone is 1. The Balaban J connectivity index is 1.87. The summed E-state index contributed by atoms with van der Waals surface area (Å²) in [4.78, 5) is 0. The Kier molecular flexibility index (Phi) is 5.00. The SMILES string of the molecule is C#CC=CCC1OC(C2CC(O)C(CC)O2)CC1O. The highest BCUT2D eigenvalue weighted by Gasteiger charge is 2.43. The zero-order valence-corrected chi connectivity index (χ0v) is 11.2. The van der Waals surface area contributed by atoms with E-state index in [0.717, 1.165) is 6.42 Å². The van der Waals surface area contributed by atoms with Crippen molar-refractivity contribution in [2.45, 2.75) is 69.2 Å². The Morgan fingerprint density at radius 3 is 2.26 bits per heavy atom. The number of hydrogen-bond acceptors (Lipinski definition) is 4. The first-order chi connectivity index (χ1) is 9.15. The van der Waals surface area contributed by atoms with Gasteiger partial charge in [0.05, 0.1) is 36.6 Å². The molecule has 0 amide bonds. The second kappa shape index (κ2) is 6.53. The molecule has 0 saturated carbocycles. The van der Waals surface area contributed by atoms with Gasteiger partial charge in [-0.05, 0) is 18.9 Å². The Hall–Kier alpha value is -0.860. The van der Waals surface area contributed by atoms with Gasteiger partial charge >= 0.3 is 0 Å². The van der Waals surface area contributed by atoms with E-state index in [4.69, 9.17) is 15.9 Å². The van der Waals surface area contributed by atoms with Crippen LogP contribution in [0, 0.1) is 12.3 Å². The lowest BCUT2D eigenvalue weighted by Crippen LogP contribution is -2.26. The van der Waals surface area contributed by atoms with Gasteiger partial charge in [0, 0.05) is 12.8 Å². The molecule has 2 fully saturated rings. The van der Waals surface area contributed by atoms with Crippen molar-refractivity contribution in [1.82, 2.24) is 0 Å². The zero-order valence-electron chi connectivity index (χ0n) is 11.2. The van der Waals surface area contributed by atoms with E-state index in [1.807, 2.05) is 13.0 Å². The quantitative estimate of drug-likeness (QED) is 0.746. The smallest absolute Gasteiger partial charge is 0.0874 e. The van der Waals surface area contributed by atoms with Gasteiger partial charge in [-0.2, -0.15) is 0 Å². The Morgan fingerprint density at radius 2 is 1.74 bits per heavy atom. The third-order valence-corrected chi connectivity index (χ3v) is 3.90. The van der Waals surface area contributed by atoms with Crippen LogP contribution in [0.25, 0.3) is 0 Å². The van der Waals surface area contributed by atoms with E-state index in [-0.39, 0.29) is 24.4 Å². The molecule has 4 nitrogen and oxygen atoms in total. The molecule has 2 rings (SSSR count). The second-order valence-corrected chi connectivity index (χ2v) is 5.25. The van der Waals surface area contributed by atoms with Gasteiger partial charge in [0.25, 0.3) is 0 Å². The minimum atomic E-state index is -0.492. The van der Waals surface area contributed by atoms with Crippen LogP contribution < -0.4 is 0 Å². The van der Waals surface area contributed by atoms with Crippen LogP contribution >= 0.6 is 0 Å². The molecule has 6 atom stereocenters. The molecule has 0 radical (unpaired) electrons. The summed E-state index contributed by atoms with van der Waals surface area (Å²) in [6.45, 7) is 1.99. The first kappa shape index (κ1) is 14.5. The number of rotatable bonds is 4. The fraction of sp³-hybridized carbons (Fsp3) is 0.733. The summed E-state index contributed by atoms with van der Waals surface area (Å²) in [6.07, 6.45) is 9.63. The van der Waals surface area contributed by atoms with E-state index in [0.29, 0.717) is 19.3 Å². The normalized spacial score (nSPS) is 42.8. The van der Waals surface area contributed by atoms with E-state index in [9.17, 15) is 10.2 Å². The molecular formula is C15H22O4. The van der Waals surface area contributed by atoms with Crippen LogP contribution in [0.3, 0.4) is 0 Å². The first-order valence-electron chi connectivity index (χ1n) is 6.93. The maximum absolute atomic E-state index is 9.98. The van der Waals surface area contributed by atoms with Crippen molar-refractivity contribution in [2.24, 2.45) is 0 Å². The van der Waals surface area contributed by atoms with Gasteiger partial charge in [-0.25, -0.2) is 0 Å². The number of aliphatic hydroxyl groups excluding tert-OH is 2. The van der Waals surface area contributed by atoms with Crippen molar-refractivity contribution in [1.29, 1.82) is 0 Å². The maximum atomic E-state index is 9.98. The maximum Gasteiger partial charge on any atom is 0.0874 e. The van der Waals surface area contributed by atoms with E-state index in [1.54, 1.807) is 6.08 Å². The summed E-state index contributed by atoms with van der Waals surface area (Å²) >= 11 is 0. The standard InChI is InChI=1S/C15H22O4/c1-3-5-6-7-13-11(17)9-15(19-13)14-8-10(16)12(4-2)18-14/h1,5-6,10-17H,4,7-9H2,2H3. The van der Waals surface area contributed by atoms with Crippen molar-refractivity contribution in [3.05, 3.63) is 12.2 Å². The second-order valence-electron chi connectivity index (χ2n) is 5.25. The zero-order chi connectivity index (χ0) is 13.8. The molecule has 2 saturated heterocycles. The highest BCUT2D eigenvalue weighted by molar-refractivity contribution is 5.09. The number of terminal acetylenes is 1. The molecule has 0 aromatic heterocycles. The van der Waals surface area contributed by atoms with E-state index >= 15 is 0 Å². The molecule has 2 aliphatic rings. The summed E-state index contributed by atoms with van der Waals surface area (Å²) in [5.74, 6) is 2.42. The van der Waals surface area contributed by atoms with Crippen LogP contribution in [-0.4, -0.2) is 46.8 Å². The van der Waals surface area contributed by atoms with Crippen LogP contribution in [0.1, 0.15) is 32.6 Å². The highest BCUT2D eigenvalue weighted by Crippen LogP contribution is 2.33. The predicted octanol–water partition coefficient (Wildman–Crippen LogP) is 1.01. The number of aliphatic hydroxyl groups is 2. The van der Waals surface area contributed by atoms with Gasteiger partial charge in [0.2, 0.25) is 0 Å². The van der Waals surface area contributed by atoms with Gasteiger partial charge in [-0.15, -0.1) is 6.42 Å². The van der Waals surface area contributed by atoms with Gasteiger partial charge in [0.1, 0.15) is 0 Å².